The molecule has 0 fully saturated rings. The van der Waals surface area contributed by atoms with E-state index in [0.29, 0.717) is 12.3 Å². The number of esters is 1. The number of aromatic nitrogens is 2. The molecule has 2 rings (SSSR count). The molecule has 0 spiro atoms. The van der Waals surface area contributed by atoms with E-state index >= 15 is 0 Å². The summed E-state index contributed by atoms with van der Waals surface area (Å²) in [5.74, 6) is 0.767. The van der Waals surface area contributed by atoms with Crippen molar-refractivity contribution in [2.45, 2.75) is 26.3 Å². The van der Waals surface area contributed by atoms with E-state index in [4.69, 9.17) is 9.84 Å². The highest BCUT2D eigenvalue weighted by Gasteiger charge is 2.22. The number of rotatable bonds is 3. The van der Waals surface area contributed by atoms with E-state index in [1.165, 1.54) is 0 Å². The Kier molecular flexibility index (Phi) is 3.24. The molecule has 0 amide bonds. The maximum atomic E-state index is 11.5. The summed E-state index contributed by atoms with van der Waals surface area (Å²) in [4.78, 5) is 15.7. The first-order chi connectivity index (χ1) is 7.74. The molecule has 1 N–H and O–H groups in total. The van der Waals surface area contributed by atoms with E-state index in [9.17, 15) is 4.79 Å². The third-order valence-electron chi connectivity index (χ3n) is 2.85. The van der Waals surface area contributed by atoms with Crippen LogP contribution < -0.4 is 0 Å². The van der Waals surface area contributed by atoms with Crippen molar-refractivity contribution in [1.82, 2.24) is 9.55 Å². The summed E-state index contributed by atoms with van der Waals surface area (Å²) in [6.45, 7) is 3.13. The van der Waals surface area contributed by atoms with E-state index in [1.807, 2.05) is 4.57 Å². The molecule has 1 aromatic heterocycles. The van der Waals surface area contributed by atoms with Gasteiger partial charge < -0.3 is 14.4 Å². The molecule has 1 aliphatic rings. The van der Waals surface area contributed by atoms with Crippen molar-refractivity contribution in [3.8, 4) is 0 Å². The minimum Gasteiger partial charge on any atom is -0.461 e. The maximum absolute atomic E-state index is 11.5. The number of aryl methyl sites for hydroxylation is 1. The van der Waals surface area contributed by atoms with Crippen molar-refractivity contribution in [1.29, 1.82) is 0 Å². The molecule has 1 aromatic rings. The van der Waals surface area contributed by atoms with Gasteiger partial charge in [-0.25, -0.2) is 9.78 Å². The number of hydrogen-bond acceptors (Lipinski definition) is 4. The number of ether oxygens (including phenoxy) is 1. The number of fused-ring (bicyclic) bond motifs is 1. The fourth-order valence-corrected chi connectivity index (χ4v) is 1.95. The Morgan fingerprint density at radius 2 is 2.56 bits per heavy atom. The number of carbonyl (C=O) groups is 1. The predicted octanol–water partition coefficient (Wildman–Crippen LogP) is 0.615. The smallest absolute Gasteiger partial charge is 0.358 e. The first kappa shape index (κ1) is 11.1. The van der Waals surface area contributed by atoms with E-state index in [-0.39, 0.29) is 18.5 Å². The van der Waals surface area contributed by atoms with Crippen LogP contribution in [-0.2, 0) is 17.7 Å². The predicted molar refractivity (Wildman–Crippen MR) is 57.1 cm³/mol. The zero-order valence-electron chi connectivity index (χ0n) is 9.35. The van der Waals surface area contributed by atoms with Crippen LogP contribution in [0.2, 0.25) is 0 Å². The Labute approximate surface area is 94.1 Å². The zero-order chi connectivity index (χ0) is 11.5. The third-order valence-corrected chi connectivity index (χ3v) is 2.85. The van der Waals surface area contributed by atoms with Crippen LogP contribution in [0, 0.1) is 5.92 Å². The van der Waals surface area contributed by atoms with Gasteiger partial charge in [-0.3, -0.25) is 0 Å². The highest BCUT2D eigenvalue weighted by molar-refractivity contribution is 5.87. The maximum Gasteiger partial charge on any atom is 0.358 e. The standard InChI is InChI=1S/C11H16N2O3/c1-2-16-11(15)9-6-13-4-3-8(7-14)5-10(13)12-9/h6,8,14H,2-5,7H2,1H3. The highest BCUT2D eigenvalue weighted by Crippen LogP contribution is 2.20. The van der Waals surface area contributed by atoms with Crippen molar-refractivity contribution in [3.05, 3.63) is 17.7 Å². The Bertz CT molecular complexity index is 387. The van der Waals surface area contributed by atoms with Crippen LogP contribution >= 0.6 is 0 Å². The van der Waals surface area contributed by atoms with Gasteiger partial charge in [0.1, 0.15) is 5.82 Å². The molecule has 1 aliphatic heterocycles. The van der Waals surface area contributed by atoms with Crippen LogP contribution in [0.1, 0.15) is 29.7 Å². The van der Waals surface area contributed by atoms with Crippen LogP contribution in [0.3, 0.4) is 0 Å². The normalized spacial score (nSPS) is 19.2. The van der Waals surface area contributed by atoms with Gasteiger partial charge in [-0.05, 0) is 19.3 Å². The van der Waals surface area contributed by atoms with Gasteiger partial charge >= 0.3 is 5.97 Å². The van der Waals surface area contributed by atoms with Gasteiger partial charge in [0.15, 0.2) is 5.69 Å². The summed E-state index contributed by atoms with van der Waals surface area (Å²) in [7, 11) is 0. The molecule has 0 saturated carbocycles. The number of imidazole rings is 1. The minimum atomic E-state index is -0.370. The summed E-state index contributed by atoms with van der Waals surface area (Å²) in [6, 6.07) is 0. The number of nitrogens with zero attached hydrogens (tertiary/aromatic N) is 2. The zero-order valence-corrected chi connectivity index (χ0v) is 9.35. The minimum absolute atomic E-state index is 0.182. The number of carbonyl (C=O) groups excluding carboxylic acids is 1. The molecule has 2 heterocycles. The quantitative estimate of drug-likeness (QED) is 0.764. The van der Waals surface area contributed by atoms with Crippen LogP contribution in [0.15, 0.2) is 6.20 Å². The third kappa shape index (κ3) is 2.09. The van der Waals surface area contributed by atoms with Crippen molar-refractivity contribution in [3.63, 3.8) is 0 Å². The average molecular weight is 224 g/mol. The van der Waals surface area contributed by atoms with Gasteiger partial charge in [-0.15, -0.1) is 0 Å². The van der Waals surface area contributed by atoms with Gasteiger partial charge in [0, 0.05) is 25.8 Å². The van der Waals surface area contributed by atoms with E-state index < -0.39 is 0 Å². The van der Waals surface area contributed by atoms with Gasteiger partial charge in [0.05, 0.1) is 6.61 Å². The Morgan fingerprint density at radius 3 is 3.25 bits per heavy atom. The molecule has 0 aromatic carbocycles. The molecule has 88 valence electrons. The van der Waals surface area contributed by atoms with E-state index in [2.05, 4.69) is 4.98 Å². The summed E-state index contributed by atoms with van der Waals surface area (Å²) >= 11 is 0. The second-order valence-corrected chi connectivity index (χ2v) is 4.00. The first-order valence-electron chi connectivity index (χ1n) is 5.58. The average Bonchev–Trinajstić information content (AvgIpc) is 2.71. The Hall–Kier alpha value is -1.36. The molecule has 16 heavy (non-hydrogen) atoms. The number of aliphatic hydroxyl groups excluding tert-OH is 1. The monoisotopic (exact) mass is 224 g/mol. The van der Waals surface area contributed by atoms with Crippen LogP contribution in [0.25, 0.3) is 0 Å². The molecule has 1 unspecified atom stereocenters. The van der Waals surface area contributed by atoms with Crippen molar-refractivity contribution < 1.29 is 14.6 Å². The summed E-state index contributed by atoms with van der Waals surface area (Å²) in [5.41, 5.74) is 0.371. The molecular formula is C11H16N2O3. The van der Waals surface area contributed by atoms with Crippen molar-refractivity contribution >= 4 is 5.97 Å². The molecule has 0 aliphatic carbocycles. The van der Waals surface area contributed by atoms with Crippen LogP contribution in [0.5, 0.6) is 0 Å². The lowest BCUT2D eigenvalue weighted by Crippen LogP contribution is -2.21. The second-order valence-electron chi connectivity index (χ2n) is 4.00. The van der Waals surface area contributed by atoms with Crippen LogP contribution in [0.4, 0.5) is 0 Å². The fourth-order valence-electron chi connectivity index (χ4n) is 1.95. The lowest BCUT2D eigenvalue weighted by Gasteiger charge is -2.20. The fraction of sp³-hybridized carbons (Fsp3) is 0.636. The summed E-state index contributed by atoms with van der Waals surface area (Å²) < 4.78 is 6.87. The molecule has 0 saturated heterocycles. The lowest BCUT2D eigenvalue weighted by atomic mass is 9.99. The molecule has 0 radical (unpaired) electrons. The second kappa shape index (κ2) is 4.65. The molecule has 0 bridgehead atoms. The Morgan fingerprint density at radius 1 is 1.75 bits per heavy atom. The van der Waals surface area contributed by atoms with Gasteiger partial charge in [-0.2, -0.15) is 0 Å². The highest BCUT2D eigenvalue weighted by atomic mass is 16.5. The van der Waals surface area contributed by atoms with Gasteiger partial charge in [0.25, 0.3) is 0 Å². The molecule has 1 atom stereocenters. The number of aliphatic hydroxyl groups is 1. The van der Waals surface area contributed by atoms with Crippen LogP contribution in [-0.4, -0.2) is 33.8 Å². The summed E-state index contributed by atoms with van der Waals surface area (Å²) in [6.07, 6.45) is 3.40. The Balaban J connectivity index is 2.15. The topological polar surface area (TPSA) is 64.4 Å². The number of hydrogen-bond donors (Lipinski definition) is 1. The molecular weight excluding hydrogens is 208 g/mol. The molecule has 5 heteroatoms. The van der Waals surface area contributed by atoms with E-state index in [0.717, 1.165) is 25.2 Å². The molecule has 5 nitrogen and oxygen atoms in total. The lowest BCUT2D eigenvalue weighted by molar-refractivity contribution is 0.0520. The first-order valence-corrected chi connectivity index (χ1v) is 5.58. The largest absolute Gasteiger partial charge is 0.461 e. The summed E-state index contributed by atoms with van der Waals surface area (Å²) in [5, 5.41) is 9.09. The SMILES string of the molecule is CCOC(=O)c1cn2c(n1)CC(CO)CC2. The van der Waals surface area contributed by atoms with Crippen molar-refractivity contribution in [2.75, 3.05) is 13.2 Å². The van der Waals surface area contributed by atoms with Gasteiger partial charge in [-0.1, -0.05) is 0 Å². The van der Waals surface area contributed by atoms with Crippen molar-refractivity contribution in [2.24, 2.45) is 5.92 Å². The van der Waals surface area contributed by atoms with Gasteiger partial charge in [0.2, 0.25) is 0 Å². The van der Waals surface area contributed by atoms with E-state index in [1.54, 1.807) is 13.1 Å².